The molecule has 5 heteroatoms. The lowest BCUT2D eigenvalue weighted by molar-refractivity contribution is -0.115. The smallest absolute Gasteiger partial charge is 0.238 e. The van der Waals surface area contributed by atoms with Gasteiger partial charge in [-0.05, 0) is 12.1 Å². The zero-order chi connectivity index (χ0) is 13.7. The molecule has 0 fully saturated rings. The molecule has 2 N–H and O–H groups in total. The second kappa shape index (κ2) is 6.15. The van der Waals surface area contributed by atoms with Gasteiger partial charge in [0.05, 0.1) is 24.2 Å². The summed E-state index contributed by atoms with van der Waals surface area (Å²) < 4.78 is 1.87. The van der Waals surface area contributed by atoms with Crippen molar-refractivity contribution < 1.29 is 4.79 Å². The van der Waals surface area contributed by atoms with Crippen LogP contribution in [0.25, 0.3) is 5.69 Å². The second-order valence-electron chi connectivity index (χ2n) is 4.57. The number of para-hydroxylation sites is 2. The molecule has 100 valence electrons. The van der Waals surface area contributed by atoms with E-state index in [4.69, 9.17) is 0 Å². The lowest BCUT2D eigenvalue weighted by Crippen LogP contribution is -2.32. The topological polar surface area (TPSA) is 59.0 Å². The fourth-order valence-electron chi connectivity index (χ4n) is 1.70. The summed E-state index contributed by atoms with van der Waals surface area (Å²) in [5.74, 6) is -0.0544. The number of rotatable bonds is 5. The first-order chi connectivity index (χ1) is 9.16. The lowest BCUT2D eigenvalue weighted by Gasteiger charge is -2.12. The molecule has 0 aliphatic rings. The predicted octanol–water partition coefficient (Wildman–Crippen LogP) is 1.81. The number of anilines is 1. The summed E-state index contributed by atoms with van der Waals surface area (Å²) in [6.45, 7) is 4.31. The molecular formula is C14H18N4O. The van der Waals surface area contributed by atoms with Crippen LogP contribution in [0.5, 0.6) is 0 Å². The molecule has 0 aliphatic carbocycles. The van der Waals surface area contributed by atoms with E-state index in [0.29, 0.717) is 6.54 Å². The molecule has 0 radical (unpaired) electrons. The van der Waals surface area contributed by atoms with Gasteiger partial charge in [-0.2, -0.15) is 0 Å². The quantitative estimate of drug-likeness (QED) is 0.860. The molecule has 1 heterocycles. The Hall–Kier alpha value is -2.14. The van der Waals surface area contributed by atoms with Gasteiger partial charge in [-0.15, -0.1) is 0 Å². The average molecular weight is 258 g/mol. The Morgan fingerprint density at radius 3 is 2.84 bits per heavy atom. The van der Waals surface area contributed by atoms with Gasteiger partial charge in [0, 0.05) is 18.4 Å². The van der Waals surface area contributed by atoms with Gasteiger partial charge in [-0.25, -0.2) is 4.98 Å². The van der Waals surface area contributed by atoms with Crippen molar-refractivity contribution in [2.45, 2.75) is 19.9 Å². The molecule has 0 aliphatic heterocycles. The average Bonchev–Trinajstić information content (AvgIpc) is 2.91. The van der Waals surface area contributed by atoms with Crippen molar-refractivity contribution in [1.29, 1.82) is 0 Å². The third-order valence-electron chi connectivity index (χ3n) is 2.63. The summed E-state index contributed by atoms with van der Waals surface area (Å²) in [6.07, 6.45) is 5.26. The minimum Gasteiger partial charge on any atom is -0.323 e. The van der Waals surface area contributed by atoms with Crippen LogP contribution in [0.3, 0.4) is 0 Å². The number of nitrogens with zero attached hydrogens (tertiary/aromatic N) is 2. The highest BCUT2D eigenvalue weighted by Crippen LogP contribution is 2.19. The standard InChI is InChI=1S/C14H18N4O/c1-11(2)16-9-14(19)17-12-5-3-4-6-13(12)18-8-7-15-10-18/h3-8,10-11,16H,9H2,1-2H3,(H,17,19). The number of hydrogen-bond acceptors (Lipinski definition) is 3. The molecule has 2 rings (SSSR count). The first-order valence-corrected chi connectivity index (χ1v) is 6.27. The van der Waals surface area contributed by atoms with Crippen molar-refractivity contribution >= 4 is 11.6 Å². The minimum atomic E-state index is -0.0544. The van der Waals surface area contributed by atoms with E-state index < -0.39 is 0 Å². The van der Waals surface area contributed by atoms with E-state index >= 15 is 0 Å². The minimum absolute atomic E-state index is 0.0544. The van der Waals surface area contributed by atoms with E-state index in [9.17, 15) is 4.79 Å². The number of carbonyl (C=O) groups is 1. The molecule has 0 bridgehead atoms. The molecule has 0 atom stereocenters. The summed E-state index contributed by atoms with van der Waals surface area (Å²) >= 11 is 0. The highest BCUT2D eigenvalue weighted by Gasteiger charge is 2.07. The Morgan fingerprint density at radius 2 is 2.16 bits per heavy atom. The van der Waals surface area contributed by atoms with E-state index in [0.717, 1.165) is 11.4 Å². The maximum absolute atomic E-state index is 11.8. The summed E-state index contributed by atoms with van der Waals surface area (Å²) in [4.78, 5) is 15.9. The lowest BCUT2D eigenvalue weighted by atomic mass is 10.2. The van der Waals surface area contributed by atoms with E-state index in [1.165, 1.54) is 0 Å². The third-order valence-corrected chi connectivity index (χ3v) is 2.63. The number of nitrogens with one attached hydrogen (secondary N) is 2. The maximum atomic E-state index is 11.8. The Bertz CT molecular complexity index is 534. The zero-order valence-electron chi connectivity index (χ0n) is 11.1. The highest BCUT2D eigenvalue weighted by molar-refractivity contribution is 5.94. The molecule has 2 aromatic rings. The van der Waals surface area contributed by atoms with Crippen molar-refractivity contribution in [3.8, 4) is 5.69 Å². The fraction of sp³-hybridized carbons (Fsp3) is 0.286. The Morgan fingerprint density at radius 1 is 1.37 bits per heavy atom. The van der Waals surface area contributed by atoms with E-state index in [1.807, 2.05) is 48.9 Å². The van der Waals surface area contributed by atoms with Crippen LogP contribution in [0.15, 0.2) is 43.0 Å². The van der Waals surface area contributed by atoms with Gasteiger partial charge in [0.25, 0.3) is 0 Å². The van der Waals surface area contributed by atoms with E-state index in [1.54, 1.807) is 12.5 Å². The highest BCUT2D eigenvalue weighted by atomic mass is 16.1. The number of carbonyl (C=O) groups excluding carboxylic acids is 1. The molecule has 5 nitrogen and oxygen atoms in total. The molecule has 0 saturated heterocycles. The Kier molecular flexibility index (Phi) is 4.30. The van der Waals surface area contributed by atoms with Gasteiger partial charge >= 0.3 is 0 Å². The van der Waals surface area contributed by atoms with Gasteiger partial charge in [0.2, 0.25) is 5.91 Å². The van der Waals surface area contributed by atoms with Crippen LogP contribution < -0.4 is 10.6 Å². The zero-order valence-corrected chi connectivity index (χ0v) is 11.1. The number of hydrogen-bond donors (Lipinski definition) is 2. The van der Waals surface area contributed by atoms with Crippen LogP contribution in [0.4, 0.5) is 5.69 Å². The van der Waals surface area contributed by atoms with Crippen molar-refractivity contribution in [1.82, 2.24) is 14.9 Å². The number of imidazole rings is 1. The van der Waals surface area contributed by atoms with E-state index in [-0.39, 0.29) is 11.9 Å². The third kappa shape index (κ3) is 3.66. The molecule has 1 amide bonds. The van der Waals surface area contributed by atoms with Gasteiger partial charge in [-0.1, -0.05) is 26.0 Å². The predicted molar refractivity (Wildman–Crippen MR) is 75.3 cm³/mol. The van der Waals surface area contributed by atoms with Crippen LogP contribution in [-0.4, -0.2) is 28.0 Å². The van der Waals surface area contributed by atoms with Crippen LogP contribution >= 0.6 is 0 Å². The van der Waals surface area contributed by atoms with Crippen molar-refractivity contribution in [2.24, 2.45) is 0 Å². The molecule has 0 saturated carbocycles. The van der Waals surface area contributed by atoms with Gasteiger partial charge in [0.1, 0.15) is 0 Å². The molecule has 0 unspecified atom stereocenters. The SMILES string of the molecule is CC(C)NCC(=O)Nc1ccccc1-n1ccnc1. The van der Waals surface area contributed by atoms with Crippen molar-refractivity contribution in [3.63, 3.8) is 0 Å². The molecule has 19 heavy (non-hydrogen) atoms. The summed E-state index contributed by atoms with van der Waals surface area (Å²) in [6, 6.07) is 7.92. The second-order valence-corrected chi connectivity index (χ2v) is 4.57. The first-order valence-electron chi connectivity index (χ1n) is 6.27. The summed E-state index contributed by atoms with van der Waals surface area (Å²) in [7, 11) is 0. The normalized spacial score (nSPS) is 10.7. The van der Waals surface area contributed by atoms with Crippen LogP contribution in [0.1, 0.15) is 13.8 Å². The Labute approximate surface area is 112 Å². The monoisotopic (exact) mass is 258 g/mol. The molecular weight excluding hydrogens is 240 g/mol. The largest absolute Gasteiger partial charge is 0.323 e. The van der Waals surface area contributed by atoms with Crippen LogP contribution in [0, 0.1) is 0 Å². The number of benzene rings is 1. The fourth-order valence-corrected chi connectivity index (χ4v) is 1.70. The molecule has 0 spiro atoms. The molecule has 1 aromatic carbocycles. The molecule has 1 aromatic heterocycles. The van der Waals surface area contributed by atoms with E-state index in [2.05, 4.69) is 15.6 Å². The number of amides is 1. The number of aromatic nitrogens is 2. The Balaban J connectivity index is 2.10. The first kappa shape index (κ1) is 13.3. The van der Waals surface area contributed by atoms with Gasteiger partial charge < -0.3 is 15.2 Å². The van der Waals surface area contributed by atoms with Gasteiger partial charge in [-0.3, -0.25) is 4.79 Å². The van der Waals surface area contributed by atoms with Crippen molar-refractivity contribution in [2.75, 3.05) is 11.9 Å². The van der Waals surface area contributed by atoms with Crippen LogP contribution in [-0.2, 0) is 4.79 Å². The van der Waals surface area contributed by atoms with Crippen molar-refractivity contribution in [3.05, 3.63) is 43.0 Å². The summed E-state index contributed by atoms with van der Waals surface area (Å²) in [5, 5.41) is 5.99. The van der Waals surface area contributed by atoms with Gasteiger partial charge in [0.15, 0.2) is 0 Å². The summed E-state index contributed by atoms with van der Waals surface area (Å²) in [5.41, 5.74) is 1.67. The van der Waals surface area contributed by atoms with Crippen LogP contribution in [0.2, 0.25) is 0 Å². The maximum Gasteiger partial charge on any atom is 0.238 e.